The van der Waals surface area contributed by atoms with Crippen molar-refractivity contribution < 1.29 is 35.3 Å². The Bertz CT molecular complexity index is 457. The Balaban J connectivity index is 0.00000144. The van der Waals surface area contributed by atoms with E-state index in [1.54, 1.807) is 6.92 Å². The van der Waals surface area contributed by atoms with E-state index < -0.39 is 17.0 Å². The zero-order valence-electron chi connectivity index (χ0n) is 9.06. The van der Waals surface area contributed by atoms with Crippen LogP contribution in [0.4, 0.5) is 14.5 Å². The average Bonchev–Trinajstić information content (AvgIpc) is 2.26. The summed E-state index contributed by atoms with van der Waals surface area (Å²) < 4.78 is 26.0. The van der Waals surface area contributed by atoms with Gasteiger partial charge in [-0.05, 0) is 12.6 Å². The van der Waals surface area contributed by atoms with Crippen LogP contribution in [-0.4, -0.2) is 18.3 Å². The van der Waals surface area contributed by atoms with Gasteiger partial charge in [0, 0.05) is 45.8 Å². The third-order valence-electron chi connectivity index (χ3n) is 2.70. The fraction of sp³-hybridized carbons (Fsp3) is 0.364. The summed E-state index contributed by atoms with van der Waals surface area (Å²) in [6.45, 7) is 2.05. The van der Waals surface area contributed by atoms with E-state index in [0.29, 0.717) is 6.54 Å². The monoisotopic (exact) mass is 292 g/mol. The van der Waals surface area contributed by atoms with Gasteiger partial charge in [0.1, 0.15) is 0 Å². The predicted octanol–water partition coefficient (Wildman–Crippen LogP) is 2.35. The van der Waals surface area contributed by atoms with Crippen molar-refractivity contribution in [1.29, 1.82) is 0 Å². The quantitative estimate of drug-likeness (QED) is 0.355. The number of benzene rings is 1. The molecule has 1 saturated heterocycles. The van der Waals surface area contributed by atoms with Crippen LogP contribution in [0.2, 0.25) is 0 Å². The van der Waals surface area contributed by atoms with Crippen molar-refractivity contribution in [3.8, 4) is 0 Å². The van der Waals surface area contributed by atoms with E-state index in [4.69, 9.17) is 11.6 Å². The Morgan fingerprint density at radius 3 is 2.65 bits per heavy atom. The van der Waals surface area contributed by atoms with Crippen molar-refractivity contribution in [3.05, 3.63) is 29.8 Å². The first-order valence-electron chi connectivity index (χ1n) is 4.73. The molecule has 17 heavy (non-hydrogen) atoms. The van der Waals surface area contributed by atoms with E-state index >= 15 is 0 Å². The minimum atomic E-state index is -0.857. The molecule has 1 aromatic carbocycles. The molecule has 1 aliphatic rings. The Labute approximate surface area is 118 Å². The first-order chi connectivity index (χ1) is 7.48. The van der Waals surface area contributed by atoms with Crippen LogP contribution in [0.3, 0.4) is 0 Å². The van der Waals surface area contributed by atoms with Crippen LogP contribution in [0.15, 0.2) is 12.1 Å². The zero-order valence-corrected chi connectivity index (χ0v) is 11.4. The van der Waals surface area contributed by atoms with Gasteiger partial charge in [0.05, 0.1) is 5.41 Å². The number of carbonyl (C=O) groups is 1. The number of halogens is 3. The molecule has 1 amide bonds. The molecule has 2 rings (SSSR count). The second kappa shape index (κ2) is 5.05. The molecule has 0 aromatic heterocycles. The molecular weight excluding hydrogens is 283 g/mol. The van der Waals surface area contributed by atoms with E-state index in [2.05, 4.69) is 0 Å². The van der Waals surface area contributed by atoms with Crippen LogP contribution in [0.5, 0.6) is 0 Å². The first-order valence-corrected chi connectivity index (χ1v) is 5.27. The topological polar surface area (TPSA) is 20.3 Å². The number of anilines is 1. The second-order valence-electron chi connectivity index (χ2n) is 4.09. The molecule has 0 N–H and O–H groups in total. The van der Waals surface area contributed by atoms with E-state index in [1.165, 1.54) is 11.0 Å². The number of carbonyl (C=O) groups excluding carboxylic acids is 1. The van der Waals surface area contributed by atoms with Crippen molar-refractivity contribution in [3.63, 3.8) is 0 Å². The normalized spacial score (nSPS) is 23.1. The molecule has 90 valence electrons. The molecule has 1 atom stereocenters. The smallest absolute Gasteiger partial charge is 0.225 e. The number of nitrogens with zero attached hydrogens (tertiary/aromatic N) is 1. The second-order valence-corrected chi connectivity index (χ2v) is 4.36. The Morgan fingerprint density at radius 1 is 1.53 bits per heavy atom. The summed E-state index contributed by atoms with van der Waals surface area (Å²) in [6, 6.07) is 4.19. The van der Waals surface area contributed by atoms with Crippen molar-refractivity contribution >= 4 is 23.2 Å². The van der Waals surface area contributed by atoms with Gasteiger partial charge in [0.25, 0.3) is 0 Å². The van der Waals surface area contributed by atoms with E-state index in [-0.39, 0.29) is 39.2 Å². The van der Waals surface area contributed by atoms with E-state index in [1.807, 2.05) is 6.07 Å². The number of hydrogen-bond acceptors (Lipinski definition) is 1. The van der Waals surface area contributed by atoms with E-state index in [9.17, 15) is 13.6 Å². The fourth-order valence-electron chi connectivity index (χ4n) is 1.66. The largest absolute Gasteiger partial charge is 0.362 e. The van der Waals surface area contributed by atoms with Crippen LogP contribution in [0, 0.1) is 23.1 Å². The molecule has 1 heterocycles. The van der Waals surface area contributed by atoms with Gasteiger partial charge in [0.15, 0.2) is 0 Å². The summed E-state index contributed by atoms with van der Waals surface area (Å²) in [5.74, 6) is -1.70. The fourth-order valence-corrected chi connectivity index (χ4v) is 1.86. The number of alkyl halides is 1. The van der Waals surface area contributed by atoms with Crippen LogP contribution in [0.1, 0.15) is 6.92 Å². The maximum absolute atomic E-state index is 13.3. The van der Waals surface area contributed by atoms with Crippen LogP contribution < -0.4 is 4.90 Å². The zero-order chi connectivity index (χ0) is 11.9. The van der Waals surface area contributed by atoms with Gasteiger partial charge in [-0.15, -0.1) is 29.8 Å². The average molecular weight is 293 g/mol. The van der Waals surface area contributed by atoms with Gasteiger partial charge in [-0.3, -0.25) is 4.79 Å². The molecule has 1 fully saturated rings. The summed E-state index contributed by atoms with van der Waals surface area (Å²) in [6.07, 6.45) is 0. The molecule has 0 saturated carbocycles. The van der Waals surface area contributed by atoms with Gasteiger partial charge in [-0.1, -0.05) is 0 Å². The SMILES string of the molecule is CC1(CCl)CN(c2ccc(F)[c-]c2F)C1=O.[Ti]. The third-order valence-corrected chi connectivity index (χ3v) is 3.29. The summed E-state index contributed by atoms with van der Waals surface area (Å²) in [5, 5.41) is 0. The molecule has 1 aromatic rings. The maximum atomic E-state index is 13.3. The summed E-state index contributed by atoms with van der Waals surface area (Å²) in [7, 11) is 0. The Kier molecular flexibility index (Phi) is 4.34. The summed E-state index contributed by atoms with van der Waals surface area (Å²) >= 11 is 5.65. The van der Waals surface area contributed by atoms with Crippen LogP contribution in [0.25, 0.3) is 0 Å². The number of amides is 1. The molecule has 1 aliphatic heterocycles. The number of hydrogen-bond donors (Lipinski definition) is 0. The first kappa shape index (κ1) is 14.6. The van der Waals surface area contributed by atoms with Gasteiger partial charge < -0.3 is 4.90 Å². The Morgan fingerprint density at radius 2 is 2.18 bits per heavy atom. The molecule has 0 aliphatic carbocycles. The minimum absolute atomic E-state index is 0. The van der Waals surface area contributed by atoms with Crippen molar-refractivity contribution in [2.45, 2.75) is 6.92 Å². The number of rotatable bonds is 2. The molecule has 1 unspecified atom stereocenters. The van der Waals surface area contributed by atoms with Crippen molar-refractivity contribution in [2.75, 3.05) is 17.3 Å². The van der Waals surface area contributed by atoms with Gasteiger partial charge >= 0.3 is 0 Å². The molecule has 2 nitrogen and oxygen atoms in total. The van der Waals surface area contributed by atoms with Gasteiger partial charge in [-0.2, -0.15) is 0 Å². The Hall–Kier alpha value is -0.446. The molecule has 0 radical (unpaired) electrons. The summed E-state index contributed by atoms with van der Waals surface area (Å²) in [4.78, 5) is 13.0. The molecule has 0 spiro atoms. The molecular formula is C11H9ClF2NOTi-. The van der Waals surface area contributed by atoms with Crippen molar-refractivity contribution in [1.82, 2.24) is 0 Å². The molecule has 0 bridgehead atoms. The number of β-lactam (4-membered cyclic amide) rings is 1. The van der Waals surface area contributed by atoms with Crippen LogP contribution in [-0.2, 0) is 26.5 Å². The maximum Gasteiger partial charge on any atom is 0.225 e. The van der Waals surface area contributed by atoms with Gasteiger partial charge in [0.2, 0.25) is 5.91 Å². The van der Waals surface area contributed by atoms with Gasteiger partial charge in [-0.25, -0.2) is 8.78 Å². The predicted molar refractivity (Wildman–Crippen MR) is 56.4 cm³/mol. The third kappa shape index (κ3) is 2.39. The standard InChI is InChI=1S/C11H9ClF2NO.Ti/c1-11(5-12)6-15(10(11)16)9-3-2-7(13)4-8(9)14;/h2-3H,5-6H2,1H3;/q-1;. The minimum Gasteiger partial charge on any atom is -0.362 e. The molecule has 6 heteroatoms. The summed E-state index contributed by atoms with van der Waals surface area (Å²) in [5.41, 5.74) is -0.587. The van der Waals surface area contributed by atoms with E-state index in [0.717, 1.165) is 6.07 Å². The van der Waals surface area contributed by atoms with Crippen LogP contribution >= 0.6 is 11.6 Å². The van der Waals surface area contributed by atoms with Crippen molar-refractivity contribution in [2.24, 2.45) is 5.41 Å².